The van der Waals surface area contributed by atoms with Gasteiger partial charge in [0.2, 0.25) is 0 Å². The number of ether oxygens (including phenoxy) is 2. The van der Waals surface area contributed by atoms with Crippen LogP contribution in [-0.2, 0) is 18.7 Å². The van der Waals surface area contributed by atoms with Crippen LogP contribution in [-0.4, -0.2) is 81.2 Å². The predicted octanol–water partition coefficient (Wildman–Crippen LogP) is 6.33. The van der Waals surface area contributed by atoms with Gasteiger partial charge in [-0.25, -0.2) is 4.79 Å². The Kier molecular flexibility index (Phi) is 12.8. The van der Waals surface area contributed by atoms with Gasteiger partial charge in [0.05, 0.1) is 5.60 Å². The summed E-state index contributed by atoms with van der Waals surface area (Å²) in [7, 11) is 0.0316. The van der Waals surface area contributed by atoms with E-state index in [1.807, 2.05) is 32.1 Å². The summed E-state index contributed by atoms with van der Waals surface area (Å²) in [6.45, 7) is 19.5. The number of rotatable bonds is 8. The molecule has 0 aromatic heterocycles. The first-order valence-electron chi connectivity index (χ1n) is 14.5. The van der Waals surface area contributed by atoms with Gasteiger partial charge in [0, 0.05) is 38.5 Å². The highest BCUT2D eigenvalue weighted by Gasteiger charge is 2.44. The molecule has 4 atom stereocenters. The van der Waals surface area contributed by atoms with Gasteiger partial charge in [-0.1, -0.05) is 52.5 Å². The van der Waals surface area contributed by atoms with Gasteiger partial charge in [-0.15, -0.1) is 0 Å². The highest BCUT2D eigenvalue weighted by Crippen LogP contribution is 2.36. The molecule has 2 aliphatic heterocycles. The molecular formula is C30H52N2O5Si. The van der Waals surface area contributed by atoms with Crippen molar-refractivity contribution in [3.8, 4) is 0 Å². The lowest BCUT2D eigenvalue weighted by atomic mass is 9.89. The van der Waals surface area contributed by atoms with Gasteiger partial charge < -0.3 is 23.7 Å². The van der Waals surface area contributed by atoms with Crippen LogP contribution < -0.4 is 0 Å². The topological polar surface area (TPSA) is 68.3 Å². The summed E-state index contributed by atoms with van der Waals surface area (Å²) in [6.07, 6.45) is 8.91. The first kappa shape index (κ1) is 32.3. The molecule has 0 aromatic carbocycles. The Balaban J connectivity index is 2.49. The van der Waals surface area contributed by atoms with Crippen LogP contribution >= 0.6 is 0 Å². The number of allylic oxidation sites excluding steroid dienone is 2. The summed E-state index contributed by atoms with van der Waals surface area (Å²) in [4.78, 5) is 30.1. The molecule has 0 saturated carbocycles. The van der Waals surface area contributed by atoms with E-state index in [1.54, 1.807) is 11.0 Å². The van der Waals surface area contributed by atoms with Crippen molar-refractivity contribution < 1.29 is 23.5 Å². The van der Waals surface area contributed by atoms with E-state index < -0.39 is 26.1 Å². The summed E-state index contributed by atoms with van der Waals surface area (Å²) in [5.74, 6) is -0.304. The summed E-state index contributed by atoms with van der Waals surface area (Å²) < 4.78 is 19.4. The summed E-state index contributed by atoms with van der Waals surface area (Å²) in [5.41, 5.74) is 0.249. The highest BCUT2D eigenvalue weighted by molar-refractivity contribution is 6.73. The molecule has 38 heavy (non-hydrogen) atoms. The lowest BCUT2D eigenvalue weighted by Gasteiger charge is -2.44. The molecule has 0 radical (unpaired) electrons. The molecule has 2 rings (SSSR count). The van der Waals surface area contributed by atoms with Gasteiger partial charge in [0.15, 0.2) is 8.32 Å². The third-order valence-electron chi connectivity index (χ3n) is 8.43. The first-order valence-corrected chi connectivity index (χ1v) is 17.1. The molecule has 1 fully saturated rings. The van der Waals surface area contributed by atoms with E-state index in [-0.39, 0.29) is 18.0 Å². The van der Waals surface area contributed by atoms with E-state index in [1.165, 1.54) is 0 Å². The third kappa shape index (κ3) is 8.81. The van der Waals surface area contributed by atoms with Gasteiger partial charge in [-0.05, 0) is 69.9 Å². The molecule has 0 unspecified atom stereocenters. The van der Waals surface area contributed by atoms with Crippen molar-refractivity contribution in [2.24, 2.45) is 5.92 Å². The number of piperazine rings is 1. The van der Waals surface area contributed by atoms with Gasteiger partial charge in [-0.2, -0.15) is 0 Å². The van der Waals surface area contributed by atoms with Gasteiger partial charge >= 0.3 is 12.1 Å². The van der Waals surface area contributed by atoms with Gasteiger partial charge in [-0.3, -0.25) is 4.79 Å². The first-order chi connectivity index (χ1) is 18.0. The smallest absolute Gasteiger partial charge is 0.410 e. The third-order valence-corrected chi connectivity index (χ3v) is 13.2. The molecule has 1 saturated heterocycles. The minimum Gasteiger partial charge on any atom is -0.457 e. The zero-order valence-electron chi connectivity index (χ0n) is 25.0. The Hall–Kier alpha value is -1.90. The number of hydrogen-bond donors (Lipinski definition) is 0. The van der Waals surface area contributed by atoms with Crippen molar-refractivity contribution in [3.63, 3.8) is 0 Å². The van der Waals surface area contributed by atoms with Crippen LogP contribution in [0.25, 0.3) is 0 Å². The standard InChI is InChI=1S/C30H52N2O5Si/c1-9-15-24(5)28-25(6)17-18-26(35-29(34)32-22-20-31(8)21-23-32)30(7,19-14-13-16-27(33)36-28)37-38(10-2,11-3)12-4/h9,15,17-18,25-26,28H,1,10-14,16,19-23H2,2-8H3/b18-17+,24-15+/t25-,26-,28+,30+/m0/s1. The zero-order chi connectivity index (χ0) is 28.3. The molecule has 0 spiro atoms. The average Bonchev–Trinajstić information content (AvgIpc) is 2.90. The molecule has 0 bridgehead atoms. The summed E-state index contributed by atoms with van der Waals surface area (Å²) >= 11 is 0. The number of esters is 1. The molecule has 216 valence electrons. The van der Waals surface area contributed by atoms with Crippen LogP contribution in [0.3, 0.4) is 0 Å². The number of amides is 1. The SMILES string of the molecule is C=C/C=C(\C)[C@H]1OC(=O)CCCC[C@@](C)(O[Si](CC)(CC)CC)[C@@H](OC(=O)N2CCN(C)CC2)/C=C/[C@@H]1C. The van der Waals surface area contributed by atoms with E-state index in [0.29, 0.717) is 32.4 Å². The molecule has 0 aliphatic carbocycles. The lowest BCUT2D eigenvalue weighted by Crippen LogP contribution is -2.54. The van der Waals surface area contributed by atoms with Crippen LogP contribution in [0, 0.1) is 5.92 Å². The van der Waals surface area contributed by atoms with Crippen LogP contribution in [0.4, 0.5) is 4.79 Å². The Morgan fingerprint density at radius 2 is 1.79 bits per heavy atom. The number of cyclic esters (lactones) is 1. The fourth-order valence-corrected chi connectivity index (χ4v) is 8.61. The number of nitrogens with zero attached hydrogens (tertiary/aromatic N) is 2. The number of carbonyl (C=O) groups is 2. The second-order valence-corrected chi connectivity index (χ2v) is 16.0. The molecule has 2 heterocycles. The van der Waals surface area contributed by atoms with E-state index in [9.17, 15) is 9.59 Å². The fourth-order valence-electron chi connectivity index (χ4n) is 5.47. The molecular weight excluding hydrogens is 496 g/mol. The van der Waals surface area contributed by atoms with Crippen molar-refractivity contribution in [3.05, 3.63) is 36.5 Å². The number of likely N-dealkylation sites (N-methyl/N-ethyl adjacent to an activating group) is 1. The van der Waals surface area contributed by atoms with Crippen molar-refractivity contribution in [1.82, 2.24) is 9.80 Å². The maximum Gasteiger partial charge on any atom is 0.410 e. The maximum atomic E-state index is 13.4. The summed E-state index contributed by atoms with van der Waals surface area (Å²) in [6, 6.07) is 3.03. The van der Waals surface area contributed by atoms with E-state index in [0.717, 1.165) is 43.2 Å². The number of hydrogen-bond acceptors (Lipinski definition) is 6. The van der Waals surface area contributed by atoms with Crippen LogP contribution in [0.1, 0.15) is 67.2 Å². The van der Waals surface area contributed by atoms with Crippen molar-refractivity contribution in [2.45, 2.75) is 103 Å². The predicted molar refractivity (Wildman–Crippen MR) is 157 cm³/mol. The Bertz CT molecular complexity index is 839. The maximum absolute atomic E-state index is 13.4. The highest BCUT2D eigenvalue weighted by atomic mass is 28.4. The minimum atomic E-state index is -2.04. The molecule has 2 aliphatic rings. The van der Waals surface area contributed by atoms with Crippen LogP contribution in [0.15, 0.2) is 36.5 Å². The summed E-state index contributed by atoms with van der Waals surface area (Å²) in [5, 5.41) is 0. The fraction of sp³-hybridized carbons (Fsp3) is 0.733. The van der Waals surface area contributed by atoms with Gasteiger partial charge in [0.1, 0.15) is 12.2 Å². The Morgan fingerprint density at radius 3 is 2.37 bits per heavy atom. The average molecular weight is 549 g/mol. The van der Waals surface area contributed by atoms with Crippen molar-refractivity contribution in [1.29, 1.82) is 0 Å². The number of carbonyl (C=O) groups excluding carboxylic acids is 2. The van der Waals surface area contributed by atoms with Gasteiger partial charge in [0.25, 0.3) is 0 Å². The van der Waals surface area contributed by atoms with E-state index in [2.05, 4.69) is 46.2 Å². The second-order valence-electron chi connectivity index (χ2n) is 11.3. The Labute approximate surface area is 232 Å². The van der Waals surface area contributed by atoms with Crippen molar-refractivity contribution in [2.75, 3.05) is 33.2 Å². The largest absolute Gasteiger partial charge is 0.457 e. The zero-order valence-corrected chi connectivity index (χ0v) is 26.0. The molecule has 0 N–H and O–H groups in total. The monoisotopic (exact) mass is 548 g/mol. The van der Waals surface area contributed by atoms with Crippen LogP contribution in [0.2, 0.25) is 18.1 Å². The quantitative estimate of drug-likeness (QED) is 0.153. The molecule has 1 amide bonds. The lowest BCUT2D eigenvalue weighted by molar-refractivity contribution is -0.149. The Morgan fingerprint density at radius 1 is 1.16 bits per heavy atom. The van der Waals surface area contributed by atoms with Crippen LogP contribution in [0.5, 0.6) is 0 Å². The molecule has 0 aromatic rings. The normalized spacial score (nSPS) is 29.6. The second kappa shape index (κ2) is 15.0. The van der Waals surface area contributed by atoms with E-state index in [4.69, 9.17) is 13.9 Å². The minimum absolute atomic E-state index is 0.116. The molecule has 7 nitrogen and oxygen atoms in total. The van der Waals surface area contributed by atoms with E-state index >= 15 is 0 Å². The van der Waals surface area contributed by atoms with Crippen molar-refractivity contribution >= 4 is 20.4 Å². The molecule has 8 heteroatoms.